The van der Waals surface area contributed by atoms with E-state index in [1.165, 1.54) is 36.4 Å². The highest BCUT2D eigenvalue weighted by atomic mass is 35.5. The predicted molar refractivity (Wildman–Crippen MR) is 143 cm³/mol. The molecular formula is C29H23ClN2O7. The second kappa shape index (κ2) is 10.3. The molecule has 1 aliphatic heterocycles. The quantitative estimate of drug-likeness (QED) is 0.227. The number of carbonyl (C=O) groups excluding carboxylic acids is 3. The van der Waals surface area contributed by atoms with Crippen LogP contribution in [0.5, 0.6) is 5.75 Å². The fourth-order valence-corrected chi connectivity index (χ4v) is 4.66. The molecule has 198 valence electrons. The van der Waals surface area contributed by atoms with E-state index in [1.54, 1.807) is 56.3 Å². The van der Waals surface area contributed by atoms with Crippen LogP contribution in [0.3, 0.4) is 0 Å². The van der Waals surface area contributed by atoms with Crippen molar-refractivity contribution in [2.75, 3.05) is 12.0 Å². The van der Waals surface area contributed by atoms with Gasteiger partial charge in [-0.15, -0.1) is 0 Å². The van der Waals surface area contributed by atoms with Gasteiger partial charge in [0.05, 0.1) is 30.0 Å². The lowest BCUT2D eigenvalue weighted by molar-refractivity contribution is -0.117. The number of hydrogen-bond donors (Lipinski definition) is 1. The molecule has 4 aromatic rings. The first kappa shape index (κ1) is 26.0. The molecule has 1 aliphatic rings. The number of furan rings is 1. The summed E-state index contributed by atoms with van der Waals surface area (Å²) in [5.41, 5.74) is 1.06. The fraction of sp³-hybridized carbons (Fsp3) is 0.172. The molecule has 0 radical (unpaired) electrons. The number of aromatic nitrogens is 1. The average Bonchev–Trinajstić information content (AvgIpc) is 3.46. The Morgan fingerprint density at radius 3 is 2.49 bits per heavy atom. The van der Waals surface area contributed by atoms with Crippen LogP contribution in [-0.4, -0.2) is 41.0 Å². The highest BCUT2D eigenvalue weighted by Crippen LogP contribution is 2.42. The Labute approximate surface area is 228 Å². The summed E-state index contributed by atoms with van der Waals surface area (Å²) in [5.74, 6) is -2.54. The van der Waals surface area contributed by atoms with E-state index in [2.05, 4.69) is 4.98 Å². The fourth-order valence-electron chi connectivity index (χ4n) is 4.44. The molecule has 0 bridgehead atoms. The minimum absolute atomic E-state index is 0.116. The van der Waals surface area contributed by atoms with Crippen molar-refractivity contribution < 1.29 is 33.4 Å². The smallest absolute Gasteiger partial charge is 0.338 e. The molecule has 0 saturated heterocycles. The third-order valence-corrected chi connectivity index (χ3v) is 6.35. The lowest BCUT2D eigenvalue weighted by Gasteiger charge is -2.26. The number of esters is 1. The second-order valence-electron chi connectivity index (χ2n) is 9.06. The van der Waals surface area contributed by atoms with Crippen LogP contribution < -0.4 is 9.64 Å². The molecule has 1 unspecified atom stereocenters. The molecule has 1 amide bonds. The summed E-state index contributed by atoms with van der Waals surface area (Å²) in [7, 11) is 1.45. The molecule has 0 aliphatic carbocycles. The highest BCUT2D eigenvalue weighted by molar-refractivity contribution is 6.31. The first-order chi connectivity index (χ1) is 18.7. The van der Waals surface area contributed by atoms with Crippen LogP contribution in [0.4, 0.5) is 5.69 Å². The summed E-state index contributed by atoms with van der Waals surface area (Å²) >= 11 is 6.16. The van der Waals surface area contributed by atoms with Gasteiger partial charge in [-0.2, -0.15) is 0 Å². The number of benzene rings is 2. The van der Waals surface area contributed by atoms with Crippen molar-refractivity contribution in [1.82, 2.24) is 4.98 Å². The zero-order chi connectivity index (χ0) is 27.8. The minimum Gasteiger partial charge on any atom is -0.503 e. The molecule has 0 saturated carbocycles. The Bertz CT molecular complexity index is 1620. The number of fused-ring (bicyclic) bond motifs is 1. The Kier molecular flexibility index (Phi) is 6.84. The van der Waals surface area contributed by atoms with Gasteiger partial charge in [0.1, 0.15) is 6.04 Å². The number of methoxy groups -OCH3 is 1. The first-order valence-electron chi connectivity index (χ1n) is 12.0. The predicted octanol–water partition coefficient (Wildman–Crippen LogP) is 5.84. The van der Waals surface area contributed by atoms with Crippen molar-refractivity contribution in [2.45, 2.75) is 26.0 Å². The van der Waals surface area contributed by atoms with E-state index in [4.69, 9.17) is 25.5 Å². The van der Waals surface area contributed by atoms with Gasteiger partial charge in [-0.05, 0) is 62.4 Å². The van der Waals surface area contributed by atoms with Crippen molar-refractivity contribution in [1.29, 1.82) is 0 Å². The number of aliphatic hydroxyl groups is 1. The number of amides is 1. The number of anilines is 1. The van der Waals surface area contributed by atoms with Gasteiger partial charge in [0.2, 0.25) is 5.78 Å². The van der Waals surface area contributed by atoms with Crippen LogP contribution in [0.25, 0.3) is 11.0 Å². The summed E-state index contributed by atoms with van der Waals surface area (Å²) in [4.78, 5) is 45.1. The Balaban J connectivity index is 1.58. The summed E-state index contributed by atoms with van der Waals surface area (Å²) in [5, 5.41) is 11.9. The van der Waals surface area contributed by atoms with Crippen molar-refractivity contribution in [3.8, 4) is 5.75 Å². The van der Waals surface area contributed by atoms with Gasteiger partial charge >= 0.3 is 5.97 Å². The second-order valence-corrected chi connectivity index (χ2v) is 9.50. The van der Waals surface area contributed by atoms with E-state index in [9.17, 15) is 19.5 Å². The number of rotatable bonds is 7. The van der Waals surface area contributed by atoms with Crippen molar-refractivity contribution >= 4 is 45.9 Å². The molecule has 10 heteroatoms. The van der Waals surface area contributed by atoms with Crippen LogP contribution in [0.15, 0.2) is 82.6 Å². The van der Waals surface area contributed by atoms with Crippen molar-refractivity contribution in [3.05, 3.63) is 100 Å². The maximum atomic E-state index is 13.8. The molecule has 2 aromatic heterocycles. The summed E-state index contributed by atoms with van der Waals surface area (Å²) in [6, 6.07) is 14.7. The van der Waals surface area contributed by atoms with Gasteiger partial charge in [-0.25, -0.2) is 4.79 Å². The molecule has 2 aromatic carbocycles. The van der Waals surface area contributed by atoms with E-state index in [1.807, 2.05) is 0 Å². The van der Waals surface area contributed by atoms with Crippen molar-refractivity contribution in [3.63, 3.8) is 0 Å². The van der Waals surface area contributed by atoms with E-state index < -0.39 is 29.5 Å². The summed E-state index contributed by atoms with van der Waals surface area (Å²) in [6.45, 7) is 3.48. The molecule has 3 heterocycles. The number of aliphatic hydroxyl groups excluding tert-OH is 1. The molecule has 1 atom stereocenters. The monoisotopic (exact) mass is 546 g/mol. The minimum atomic E-state index is -1.07. The number of pyridine rings is 1. The average molecular weight is 547 g/mol. The van der Waals surface area contributed by atoms with Crippen LogP contribution in [0.2, 0.25) is 5.02 Å². The van der Waals surface area contributed by atoms with Gasteiger partial charge in [-0.1, -0.05) is 17.7 Å². The van der Waals surface area contributed by atoms with Crippen LogP contribution in [0, 0.1) is 0 Å². The molecule has 0 fully saturated rings. The van der Waals surface area contributed by atoms with E-state index in [0.717, 1.165) is 0 Å². The molecule has 9 nitrogen and oxygen atoms in total. The number of ether oxygens (including phenoxy) is 2. The number of Topliss-reactive ketones (excluding diaryl/α,β-unsaturated/α-hetero) is 1. The third kappa shape index (κ3) is 4.72. The summed E-state index contributed by atoms with van der Waals surface area (Å²) < 4.78 is 16.4. The largest absolute Gasteiger partial charge is 0.503 e. The maximum absolute atomic E-state index is 13.8. The van der Waals surface area contributed by atoms with Crippen LogP contribution in [-0.2, 0) is 9.53 Å². The standard InChI is InChI=1S/C29H23ClN2O7/c1-15(2)38-29(36)16-7-9-19(10-8-16)32-24(20-6-4-5-11-31-20)23(26(34)28(32)35)25(33)21-13-17-12-18(30)14-22(37-3)27(17)39-21/h4-15,24,34H,1-3H3. The lowest BCUT2D eigenvalue weighted by Crippen LogP contribution is -2.31. The van der Waals surface area contributed by atoms with E-state index in [0.29, 0.717) is 33.1 Å². The van der Waals surface area contributed by atoms with Gasteiger partial charge in [0, 0.05) is 28.4 Å². The van der Waals surface area contributed by atoms with Crippen LogP contribution in [0.1, 0.15) is 46.5 Å². The van der Waals surface area contributed by atoms with Crippen LogP contribution >= 0.6 is 11.6 Å². The molecule has 1 N–H and O–H groups in total. The lowest BCUT2D eigenvalue weighted by atomic mass is 9.98. The number of halogens is 1. The maximum Gasteiger partial charge on any atom is 0.338 e. The van der Waals surface area contributed by atoms with Crippen molar-refractivity contribution in [2.24, 2.45) is 0 Å². The van der Waals surface area contributed by atoms with Gasteiger partial charge in [0.25, 0.3) is 5.91 Å². The number of ketones is 1. The van der Waals surface area contributed by atoms with E-state index >= 15 is 0 Å². The first-order valence-corrected chi connectivity index (χ1v) is 12.4. The topological polar surface area (TPSA) is 119 Å². The SMILES string of the molecule is COc1cc(Cl)cc2cc(C(=O)C3=C(O)C(=O)N(c4ccc(C(=O)OC(C)C)cc4)C3c3ccccn3)oc12. The summed E-state index contributed by atoms with van der Waals surface area (Å²) in [6.07, 6.45) is 1.23. The Morgan fingerprint density at radius 2 is 1.85 bits per heavy atom. The zero-order valence-electron chi connectivity index (χ0n) is 21.2. The number of hydrogen-bond acceptors (Lipinski definition) is 8. The van der Waals surface area contributed by atoms with Gasteiger partial charge in [0.15, 0.2) is 22.9 Å². The highest BCUT2D eigenvalue weighted by Gasteiger charge is 2.46. The van der Waals surface area contributed by atoms with Gasteiger partial charge < -0.3 is 19.0 Å². The van der Waals surface area contributed by atoms with Gasteiger partial charge in [-0.3, -0.25) is 19.5 Å². The third-order valence-electron chi connectivity index (χ3n) is 6.14. The molecule has 0 spiro atoms. The molecule has 39 heavy (non-hydrogen) atoms. The number of carbonyl (C=O) groups is 3. The normalized spacial score (nSPS) is 15.4. The molecular weight excluding hydrogens is 524 g/mol. The zero-order valence-corrected chi connectivity index (χ0v) is 21.9. The Morgan fingerprint density at radius 1 is 1.10 bits per heavy atom. The van der Waals surface area contributed by atoms with E-state index in [-0.39, 0.29) is 23.0 Å². The number of nitrogens with zero attached hydrogens (tertiary/aromatic N) is 2. The Hall–Kier alpha value is -4.63. The molecule has 5 rings (SSSR count).